The Hall–Kier alpha value is -3.01. The number of amides is 2. The molecule has 166 valence electrons. The fourth-order valence-electron chi connectivity index (χ4n) is 5.61. The number of carbonyl (C=O) groups excluding carboxylic acids is 2. The van der Waals surface area contributed by atoms with Crippen molar-refractivity contribution >= 4 is 45.8 Å². The maximum atomic E-state index is 14.5. The molecule has 3 aliphatic heterocycles. The number of aromatic nitrogens is 1. The molecule has 0 unspecified atom stereocenters. The van der Waals surface area contributed by atoms with Gasteiger partial charge in [-0.2, -0.15) is 0 Å². The van der Waals surface area contributed by atoms with Gasteiger partial charge in [-0.15, -0.1) is 0 Å². The summed E-state index contributed by atoms with van der Waals surface area (Å²) in [5.41, 5.74) is 1.05. The minimum atomic E-state index is -1.23. The predicted octanol–water partition coefficient (Wildman–Crippen LogP) is 3.35. The van der Waals surface area contributed by atoms with E-state index in [1.54, 1.807) is 23.4 Å². The van der Waals surface area contributed by atoms with Crippen molar-refractivity contribution in [2.24, 2.45) is 0 Å². The molecule has 2 aromatic heterocycles. The molecule has 0 aliphatic carbocycles. The van der Waals surface area contributed by atoms with Crippen LogP contribution in [0.25, 0.3) is 0 Å². The summed E-state index contributed by atoms with van der Waals surface area (Å²) in [5, 5.41) is 3.03. The molecule has 2 spiro atoms. The van der Waals surface area contributed by atoms with E-state index in [9.17, 15) is 9.59 Å². The molecule has 0 radical (unpaired) electrons. The lowest BCUT2D eigenvalue weighted by Crippen LogP contribution is -2.61. The van der Waals surface area contributed by atoms with Gasteiger partial charge in [-0.1, -0.05) is 48.2 Å². The van der Waals surface area contributed by atoms with Gasteiger partial charge < -0.3 is 9.73 Å². The second-order valence-corrected chi connectivity index (χ2v) is 10.4. The molecule has 9 heteroatoms. The number of furan rings is 1. The summed E-state index contributed by atoms with van der Waals surface area (Å²) in [7, 11) is 1.90. The van der Waals surface area contributed by atoms with E-state index in [0.717, 1.165) is 16.9 Å². The third-order valence-corrected chi connectivity index (χ3v) is 8.86. The smallest absolute Gasteiger partial charge is 0.251 e. The number of hydrogen-bond donors (Lipinski definition) is 1. The predicted molar refractivity (Wildman–Crippen MR) is 129 cm³/mol. The number of thioether (sulfide) groups is 1. The van der Waals surface area contributed by atoms with Crippen LogP contribution in [-0.2, 0) is 21.7 Å². The van der Waals surface area contributed by atoms with Crippen molar-refractivity contribution < 1.29 is 14.0 Å². The van der Waals surface area contributed by atoms with Crippen LogP contribution < -0.4 is 5.32 Å². The first-order valence-electron chi connectivity index (χ1n) is 10.6. The highest BCUT2D eigenvalue weighted by Crippen LogP contribution is 2.65. The minimum Gasteiger partial charge on any atom is -0.467 e. The van der Waals surface area contributed by atoms with Crippen molar-refractivity contribution in [1.29, 1.82) is 0 Å². The van der Waals surface area contributed by atoms with Crippen LogP contribution >= 0.6 is 24.0 Å². The van der Waals surface area contributed by atoms with E-state index in [1.807, 2.05) is 60.5 Å². The van der Waals surface area contributed by atoms with Crippen molar-refractivity contribution in [3.63, 3.8) is 0 Å². The Bertz CT molecular complexity index is 1280. The number of thiocarbonyl (C=S) groups is 1. The largest absolute Gasteiger partial charge is 0.467 e. The standard InChI is InChI=1S/C24H20N4O3S2/c1-27-14-17(18-9-4-5-11-25-18)24(23(27)16-8-2-3-10-19(16)26-20(23)29)21(30)28(22(32)33-24)13-15-7-6-12-31-15/h2-12,17H,13-14H2,1H3,(H,26,29)/t17-,23+,24+/m0/s1. The Morgan fingerprint density at radius 3 is 2.76 bits per heavy atom. The quantitative estimate of drug-likeness (QED) is 0.581. The molecule has 0 saturated carbocycles. The van der Waals surface area contributed by atoms with E-state index in [4.69, 9.17) is 16.6 Å². The SMILES string of the molecule is CN1C[C@@H](c2ccccn2)[C@]2(SC(=S)N(Cc3ccco3)C2=O)[C@@]12C(=O)Nc1ccccc12. The molecule has 2 amide bonds. The fourth-order valence-corrected chi connectivity index (χ4v) is 7.73. The monoisotopic (exact) mass is 476 g/mol. The molecule has 5 heterocycles. The lowest BCUT2D eigenvalue weighted by molar-refractivity contribution is -0.138. The van der Waals surface area contributed by atoms with Crippen molar-refractivity contribution in [3.05, 3.63) is 84.1 Å². The van der Waals surface area contributed by atoms with E-state index in [-0.39, 0.29) is 24.3 Å². The first-order valence-corrected chi connectivity index (χ1v) is 11.8. The summed E-state index contributed by atoms with van der Waals surface area (Å²) in [5.74, 6) is -0.124. The first-order chi connectivity index (χ1) is 16.0. The highest BCUT2D eigenvalue weighted by atomic mass is 32.2. The number of hydrogen-bond acceptors (Lipinski definition) is 7. The topological polar surface area (TPSA) is 78.7 Å². The molecule has 7 nitrogen and oxygen atoms in total. The van der Waals surface area contributed by atoms with Crippen LogP contribution in [0.4, 0.5) is 5.69 Å². The summed E-state index contributed by atoms with van der Waals surface area (Å²) in [6.45, 7) is 0.701. The van der Waals surface area contributed by atoms with Crippen molar-refractivity contribution in [2.45, 2.75) is 22.7 Å². The number of para-hydroxylation sites is 1. The Morgan fingerprint density at radius 2 is 2.00 bits per heavy atom. The molecule has 3 atom stereocenters. The summed E-state index contributed by atoms with van der Waals surface area (Å²) >= 11 is 7.06. The number of nitrogens with one attached hydrogen (secondary N) is 1. The van der Waals surface area contributed by atoms with Gasteiger partial charge in [-0.3, -0.25) is 24.4 Å². The number of rotatable bonds is 3. The van der Waals surface area contributed by atoms with Crippen LogP contribution in [0.3, 0.4) is 0 Å². The summed E-state index contributed by atoms with van der Waals surface area (Å²) in [4.78, 5) is 36.5. The number of carbonyl (C=O) groups is 2. The normalized spacial score (nSPS) is 28.8. The number of fused-ring (bicyclic) bond motifs is 3. The highest BCUT2D eigenvalue weighted by molar-refractivity contribution is 8.25. The Labute approximate surface area is 200 Å². The van der Waals surface area contributed by atoms with E-state index in [2.05, 4.69) is 10.3 Å². The number of likely N-dealkylation sites (N-methyl/N-ethyl adjacent to an activating group) is 1. The minimum absolute atomic E-state index is 0.194. The first kappa shape index (κ1) is 20.6. The van der Waals surface area contributed by atoms with Gasteiger partial charge in [0.15, 0.2) is 5.54 Å². The van der Waals surface area contributed by atoms with Gasteiger partial charge in [-0.25, -0.2) is 0 Å². The lowest BCUT2D eigenvalue weighted by Gasteiger charge is -2.41. The molecule has 1 aromatic carbocycles. The Kier molecular flexibility index (Phi) is 4.52. The van der Waals surface area contributed by atoms with Crippen LogP contribution in [0.15, 0.2) is 71.5 Å². The lowest BCUT2D eigenvalue weighted by atomic mass is 9.73. The van der Waals surface area contributed by atoms with Crippen LogP contribution in [0, 0.1) is 0 Å². The molecule has 3 aliphatic rings. The van der Waals surface area contributed by atoms with Crippen molar-refractivity contribution in [3.8, 4) is 0 Å². The number of pyridine rings is 1. The van der Waals surface area contributed by atoms with Crippen molar-refractivity contribution in [2.75, 3.05) is 18.9 Å². The van der Waals surface area contributed by atoms with Crippen LogP contribution in [0.1, 0.15) is 22.9 Å². The zero-order chi connectivity index (χ0) is 22.8. The van der Waals surface area contributed by atoms with Gasteiger partial charge in [-0.05, 0) is 37.4 Å². The average molecular weight is 477 g/mol. The van der Waals surface area contributed by atoms with E-state index in [0.29, 0.717) is 16.6 Å². The van der Waals surface area contributed by atoms with Crippen LogP contribution in [0.2, 0.25) is 0 Å². The fraction of sp³-hybridized carbons (Fsp3) is 0.250. The number of nitrogens with zero attached hydrogens (tertiary/aromatic N) is 3. The molecule has 6 rings (SSSR count). The zero-order valence-electron chi connectivity index (χ0n) is 17.7. The third kappa shape index (κ3) is 2.55. The number of anilines is 1. The maximum absolute atomic E-state index is 14.5. The zero-order valence-corrected chi connectivity index (χ0v) is 19.4. The molecular formula is C24H20N4O3S2. The van der Waals surface area contributed by atoms with E-state index >= 15 is 0 Å². The molecule has 2 saturated heterocycles. The van der Waals surface area contributed by atoms with Gasteiger partial charge >= 0.3 is 0 Å². The van der Waals surface area contributed by atoms with Crippen LogP contribution in [-0.4, -0.2) is 49.3 Å². The van der Waals surface area contributed by atoms with Gasteiger partial charge in [0.1, 0.15) is 14.8 Å². The van der Waals surface area contributed by atoms with Gasteiger partial charge in [0, 0.05) is 35.6 Å². The summed E-state index contributed by atoms with van der Waals surface area (Å²) < 4.78 is 4.73. The second-order valence-electron chi connectivity index (χ2n) is 8.47. The number of benzene rings is 1. The molecule has 33 heavy (non-hydrogen) atoms. The van der Waals surface area contributed by atoms with E-state index in [1.165, 1.54) is 11.8 Å². The van der Waals surface area contributed by atoms with Gasteiger partial charge in [0.25, 0.3) is 5.91 Å². The highest BCUT2D eigenvalue weighted by Gasteiger charge is 2.78. The van der Waals surface area contributed by atoms with Gasteiger partial charge in [0.05, 0.1) is 12.8 Å². The molecule has 2 fully saturated rings. The van der Waals surface area contributed by atoms with Crippen LogP contribution in [0.5, 0.6) is 0 Å². The average Bonchev–Trinajstić information content (AvgIpc) is 3.55. The molecule has 0 bridgehead atoms. The van der Waals surface area contributed by atoms with Gasteiger partial charge in [0.2, 0.25) is 5.91 Å². The second kappa shape index (κ2) is 7.24. The Balaban J connectivity index is 1.59. The summed E-state index contributed by atoms with van der Waals surface area (Å²) in [6.07, 6.45) is 3.30. The maximum Gasteiger partial charge on any atom is 0.251 e. The third-order valence-electron chi connectivity index (χ3n) is 6.92. The molecule has 3 aromatic rings. The van der Waals surface area contributed by atoms with Crippen molar-refractivity contribution in [1.82, 2.24) is 14.8 Å². The van der Waals surface area contributed by atoms with E-state index < -0.39 is 10.3 Å². The Morgan fingerprint density at radius 1 is 1.18 bits per heavy atom. The number of likely N-dealkylation sites (tertiary alicyclic amines) is 1. The summed E-state index contributed by atoms with van der Waals surface area (Å²) in [6, 6.07) is 16.9. The molecular weight excluding hydrogens is 456 g/mol. The molecule has 1 N–H and O–H groups in total.